The van der Waals surface area contributed by atoms with E-state index in [1.54, 1.807) is 0 Å². The Kier molecular flexibility index (Phi) is 10.4. The molecule has 0 unspecified atom stereocenters. The molecule has 0 aliphatic carbocycles. The quantitative estimate of drug-likeness (QED) is 0.207. The summed E-state index contributed by atoms with van der Waals surface area (Å²) in [5.41, 5.74) is 5.89. The summed E-state index contributed by atoms with van der Waals surface area (Å²) in [6.07, 6.45) is 0.997. The van der Waals surface area contributed by atoms with Crippen LogP contribution in [0, 0.1) is 6.92 Å². The van der Waals surface area contributed by atoms with Crippen LogP contribution in [0.15, 0.2) is 65.7 Å². The Morgan fingerprint density at radius 2 is 1.77 bits per heavy atom. The van der Waals surface area contributed by atoms with Gasteiger partial charge in [-0.2, -0.15) is 8.75 Å². The lowest BCUT2D eigenvalue weighted by molar-refractivity contribution is 0.170. The molecule has 3 N–H and O–H groups in total. The lowest BCUT2D eigenvalue weighted by Crippen LogP contribution is -2.38. The Balaban J connectivity index is 0.000000199. The highest BCUT2D eigenvalue weighted by molar-refractivity contribution is 7.00. The van der Waals surface area contributed by atoms with Crippen molar-refractivity contribution in [2.75, 3.05) is 25.0 Å². The Hall–Kier alpha value is -3.20. The number of rotatable bonds is 8. The van der Waals surface area contributed by atoms with E-state index in [4.69, 9.17) is 11.6 Å². The fourth-order valence-corrected chi connectivity index (χ4v) is 5.82. The summed E-state index contributed by atoms with van der Waals surface area (Å²) in [4.78, 5) is 6.77. The number of phenols is 1. The first kappa shape index (κ1) is 29.8. The number of guanidine groups is 1. The highest BCUT2D eigenvalue weighted by Gasteiger charge is 2.21. The molecule has 3 aromatic carbocycles. The molecule has 5 rings (SSSR count). The number of fused-ring (bicyclic) bond motifs is 1. The van der Waals surface area contributed by atoms with Crippen LogP contribution < -0.4 is 10.6 Å². The second kappa shape index (κ2) is 13.9. The molecule has 0 fully saturated rings. The SMILES string of the molecule is Cc1ccc(O)c([C@H](CCN(C(C)C)C(C)C)c2ccccc2)c1.Clc1ccc2nsnc2c1NC1=NCCN1. The van der Waals surface area contributed by atoms with Gasteiger partial charge in [0, 0.05) is 30.1 Å². The van der Waals surface area contributed by atoms with Gasteiger partial charge >= 0.3 is 0 Å². The Morgan fingerprint density at radius 3 is 2.45 bits per heavy atom. The summed E-state index contributed by atoms with van der Waals surface area (Å²) < 4.78 is 8.39. The zero-order valence-corrected chi connectivity index (χ0v) is 25.4. The largest absolute Gasteiger partial charge is 0.508 e. The summed E-state index contributed by atoms with van der Waals surface area (Å²) in [5.74, 6) is 1.35. The summed E-state index contributed by atoms with van der Waals surface area (Å²) in [5, 5.41) is 17.3. The molecule has 0 saturated heterocycles. The van der Waals surface area contributed by atoms with Crippen molar-refractivity contribution in [1.82, 2.24) is 19.0 Å². The molecule has 0 spiro atoms. The third-order valence-electron chi connectivity index (χ3n) is 7.06. The van der Waals surface area contributed by atoms with Gasteiger partial charge in [0.25, 0.3) is 0 Å². The number of aryl methyl sites for hydroxylation is 1. The summed E-state index contributed by atoms with van der Waals surface area (Å²) in [6.45, 7) is 13.7. The van der Waals surface area contributed by atoms with E-state index in [0.29, 0.717) is 22.9 Å². The van der Waals surface area contributed by atoms with E-state index in [2.05, 4.69) is 94.2 Å². The molecule has 0 radical (unpaired) electrons. The van der Waals surface area contributed by atoms with Gasteiger partial charge in [-0.1, -0.05) is 59.6 Å². The highest BCUT2D eigenvalue weighted by Crippen LogP contribution is 2.35. The molecule has 0 saturated carbocycles. The van der Waals surface area contributed by atoms with Crippen LogP contribution in [0.4, 0.5) is 5.69 Å². The molecule has 1 aliphatic rings. The minimum Gasteiger partial charge on any atom is -0.508 e. The van der Waals surface area contributed by atoms with Crippen molar-refractivity contribution in [1.29, 1.82) is 0 Å². The van der Waals surface area contributed by atoms with Crippen LogP contribution in [0.1, 0.15) is 56.7 Å². The van der Waals surface area contributed by atoms with Crippen molar-refractivity contribution in [3.05, 3.63) is 82.4 Å². The average Bonchev–Trinajstić information content (AvgIpc) is 3.63. The van der Waals surface area contributed by atoms with E-state index in [1.165, 1.54) is 22.9 Å². The highest BCUT2D eigenvalue weighted by atomic mass is 35.5. The number of aromatic hydroxyl groups is 1. The third kappa shape index (κ3) is 7.50. The number of anilines is 1. The van der Waals surface area contributed by atoms with Crippen LogP contribution in [-0.2, 0) is 0 Å². The predicted octanol–water partition coefficient (Wildman–Crippen LogP) is 7.06. The number of hydrogen-bond acceptors (Lipinski definition) is 8. The minimum absolute atomic E-state index is 0.214. The molecular formula is C31H39ClN6OS. The van der Waals surface area contributed by atoms with Crippen LogP contribution in [0.2, 0.25) is 5.02 Å². The van der Waals surface area contributed by atoms with E-state index in [9.17, 15) is 5.11 Å². The maximum atomic E-state index is 10.4. The van der Waals surface area contributed by atoms with E-state index in [0.717, 1.165) is 54.3 Å². The molecule has 40 heavy (non-hydrogen) atoms. The maximum Gasteiger partial charge on any atom is 0.196 e. The Bertz CT molecular complexity index is 1410. The number of hydrogen-bond donors (Lipinski definition) is 3. The third-order valence-corrected chi connectivity index (χ3v) is 7.92. The molecule has 1 atom stereocenters. The van der Waals surface area contributed by atoms with Gasteiger partial charge in [0.2, 0.25) is 0 Å². The van der Waals surface area contributed by atoms with E-state index >= 15 is 0 Å². The number of phenolic OH excluding ortho intramolecular Hbond substituents is 1. The molecule has 0 amide bonds. The van der Waals surface area contributed by atoms with Crippen LogP contribution in [-0.4, -0.2) is 56.4 Å². The van der Waals surface area contributed by atoms with Gasteiger partial charge in [-0.25, -0.2) is 0 Å². The zero-order chi connectivity index (χ0) is 28.6. The minimum atomic E-state index is 0.214. The zero-order valence-electron chi connectivity index (χ0n) is 23.9. The van der Waals surface area contributed by atoms with Crippen LogP contribution in [0.5, 0.6) is 5.75 Å². The van der Waals surface area contributed by atoms with Gasteiger partial charge in [-0.3, -0.25) is 9.89 Å². The van der Waals surface area contributed by atoms with Gasteiger partial charge in [-0.15, -0.1) is 0 Å². The number of nitrogens with one attached hydrogen (secondary N) is 2. The van der Waals surface area contributed by atoms with Crippen molar-refractivity contribution >= 4 is 46.0 Å². The van der Waals surface area contributed by atoms with Crippen molar-refractivity contribution in [3.8, 4) is 5.75 Å². The molecule has 1 aromatic heterocycles. The molecule has 212 valence electrons. The van der Waals surface area contributed by atoms with Crippen LogP contribution in [0.25, 0.3) is 11.0 Å². The summed E-state index contributed by atoms with van der Waals surface area (Å²) in [7, 11) is 0. The van der Waals surface area contributed by atoms with Crippen LogP contribution in [0.3, 0.4) is 0 Å². The van der Waals surface area contributed by atoms with Crippen molar-refractivity contribution in [3.63, 3.8) is 0 Å². The Labute approximate surface area is 246 Å². The van der Waals surface area contributed by atoms with E-state index in [1.807, 2.05) is 30.3 Å². The normalized spacial score (nSPS) is 13.8. The average molecular weight is 579 g/mol. The molecular weight excluding hydrogens is 540 g/mol. The first-order valence-corrected chi connectivity index (χ1v) is 14.9. The molecule has 1 aliphatic heterocycles. The summed E-state index contributed by atoms with van der Waals surface area (Å²) in [6, 6.07) is 21.2. The van der Waals surface area contributed by atoms with E-state index in [-0.39, 0.29) is 5.92 Å². The predicted molar refractivity (Wildman–Crippen MR) is 169 cm³/mol. The topological polar surface area (TPSA) is 85.7 Å². The number of aromatic nitrogens is 2. The first-order chi connectivity index (χ1) is 19.2. The summed E-state index contributed by atoms with van der Waals surface area (Å²) >= 11 is 7.30. The van der Waals surface area contributed by atoms with Crippen LogP contribution >= 0.6 is 23.3 Å². The molecule has 9 heteroatoms. The van der Waals surface area contributed by atoms with Gasteiger partial charge in [0.15, 0.2) is 5.96 Å². The Morgan fingerprint density at radius 1 is 1.02 bits per heavy atom. The van der Waals surface area contributed by atoms with Gasteiger partial charge in [-0.05, 0) is 71.3 Å². The number of halogens is 1. The molecule has 2 heterocycles. The lowest BCUT2D eigenvalue weighted by atomic mass is 9.87. The van der Waals surface area contributed by atoms with Gasteiger partial charge in [0.1, 0.15) is 16.8 Å². The molecule has 4 aromatic rings. The van der Waals surface area contributed by atoms with Gasteiger partial charge in [0.05, 0.1) is 29.0 Å². The van der Waals surface area contributed by atoms with E-state index < -0.39 is 0 Å². The monoisotopic (exact) mass is 578 g/mol. The second-order valence-electron chi connectivity index (χ2n) is 10.6. The number of nitrogens with zero attached hydrogens (tertiary/aromatic N) is 4. The fourth-order valence-electron chi connectivity index (χ4n) is 5.08. The standard InChI is InChI=1S/C22H31NO.C9H8ClN5S/c1-16(2)23(17(3)4)14-13-20(19-9-7-6-8-10-19)21-15-18(5)11-12-22(21)24;10-5-1-2-6-8(15-16-14-6)7(5)13-9-11-3-4-12-9/h6-12,15-17,20,24H,13-14H2,1-5H3;1-2H,3-4H2,(H2,11,12,13)/t20-;/m1./s1. The smallest absolute Gasteiger partial charge is 0.196 e. The fraction of sp³-hybridized carbons (Fsp3) is 0.387. The van der Waals surface area contributed by atoms with Crippen molar-refractivity contribution in [2.24, 2.45) is 4.99 Å². The number of benzene rings is 3. The lowest BCUT2D eigenvalue weighted by Gasteiger charge is -2.32. The maximum absolute atomic E-state index is 10.4. The van der Waals surface area contributed by atoms with Gasteiger partial charge < -0.3 is 15.7 Å². The molecule has 0 bridgehead atoms. The second-order valence-corrected chi connectivity index (χ2v) is 11.5. The van der Waals surface area contributed by atoms with Crippen molar-refractivity contribution in [2.45, 2.75) is 59.0 Å². The number of aliphatic imine (C=N–C) groups is 1. The van der Waals surface area contributed by atoms with Crippen molar-refractivity contribution < 1.29 is 5.11 Å². The molecule has 7 nitrogen and oxygen atoms in total. The first-order valence-electron chi connectivity index (χ1n) is 13.8.